The van der Waals surface area contributed by atoms with E-state index >= 15 is 0 Å². The highest BCUT2D eigenvalue weighted by atomic mass is 16.5. The van der Waals surface area contributed by atoms with Gasteiger partial charge in [-0.2, -0.15) is 0 Å². The molecule has 0 radical (unpaired) electrons. The first-order chi connectivity index (χ1) is 9.01. The zero-order chi connectivity index (χ0) is 13.9. The van der Waals surface area contributed by atoms with Crippen molar-refractivity contribution < 1.29 is 9.53 Å². The maximum absolute atomic E-state index is 12.4. The van der Waals surface area contributed by atoms with Crippen LogP contribution in [0.25, 0.3) is 0 Å². The van der Waals surface area contributed by atoms with Gasteiger partial charge in [-0.1, -0.05) is 0 Å². The second-order valence-electron chi connectivity index (χ2n) is 6.13. The Labute approximate surface area is 116 Å². The first-order valence-corrected chi connectivity index (χ1v) is 7.37. The molecule has 5 heteroatoms. The van der Waals surface area contributed by atoms with E-state index in [2.05, 4.69) is 22.5 Å². The molecule has 2 heterocycles. The number of nitrogens with zero attached hydrogens (tertiary/aromatic N) is 1. The summed E-state index contributed by atoms with van der Waals surface area (Å²) in [5, 5.41) is 6.43. The van der Waals surface area contributed by atoms with E-state index in [4.69, 9.17) is 4.74 Å². The lowest BCUT2D eigenvalue weighted by Gasteiger charge is -2.40. The molecule has 2 N–H and O–H groups in total. The zero-order valence-electron chi connectivity index (χ0n) is 12.4. The highest BCUT2D eigenvalue weighted by molar-refractivity contribution is 5.85. The molecule has 2 saturated heterocycles. The molecule has 2 unspecified atom stereocenters. The molecule has 110 valence electrons. The number of hydrogen-bond donors (Lipinski definition) is 2. The Morgan fingerprint density at radius 3 is 2.68 bits per heavy atom. The lowest BCUT2D eigenvalue weighted by atomic mass is 9.98. The van der Waals surface area contributed by atoms with E-state index in [1.807, 2.05) is 13.8 Å². The maximum atomic E-state index is 12.4. The number of ether oxygens (including phenoxy) is 1. The third kappa shape index (κ3) is 3.46. The molecule has 1 amide bonds. The predicted octanol–water partition coefficient (Wildman–Crippen LogP) is 0.211. The molecule has 2 aliphatic rings. The molecule has 5 nitrogen and oxygen atoms in total. The van der Waals surface area contributed by atoms with Gasteiger partial charge in [-0.15, -0.1) is 0 Å². The Hall–Kier alpha value is -0.650. The number of piperazine rings is 1. The first kappa shape index (κ1) is 14.8. The summed E-state index contributed by atoms with van der Waals surface area (Å²) in [6, 6.07) is 0. The number of hydrogen-bond acceptors (Lipinski definition) is 4. The summed E-state index contributed by atoms with van der Waals surface area (Å²) in [4.78, 5) is 14.7. The van der Waals surface area contributed by atoms with Gasteiger partial charge in [0.05, 0.1) is 11.6 Å². The fraction of sp³-hybridized carbons (Fsp3) is 0.929. The standard InChI is InChI=1S/C14H27N3O2/c1-11-12(4-9-19-11)10-16-13(18)14(2,3)17-7-5-15-6-8-17/h11-12,15H,4-10H2,1-3H3,(H,16,18). The predicted molar refractivity (Wildman–Crippen MR) is 75.1 cm³/mol. The van der Waals surface area contributed by atoms with Gasteiger partial charge in [0.1, 0.15) is 0 Å². The molecule has 0 aromatic carbocycles. The van der Waals surface area contributed by atoms with Gasteiger partial charge in [0.2, 0.25) is 5.91 Å². The van der Waals surface area contributed by atoms with Crippen LogP contribution in [0.1, 0.15) is 27.2 Å². The average Bonchev–Trinajstić information content (AvgIpc) is 2.82. The van der Waals surface area contributed by atoms with E-state index in [1.54, 1.807) is 0 Å². The zero-order valence-corrected chi connectivity index (χ0v) is 12.4. The largest absolute Gasteiger partial charge is 0.378 e. The number of carbonyl (C=O) groups excluding carboxylic acids is 1. The van der Waals surface area contributed by atoms with E-state index in [9.17, 15) is 4.79 Å². The van der Waals surface area contributed by atoms with Crippen molar-refractivity contribution in [1.29, 1.82) is 0 Å². The molecule has 19 heavy (non-hydrogen) atoms. The molecular weight excluding hydrogens is 242 g/mol. The topological polar surface area (TPSA) is 53.6 Å². The van der Waals surface area contributed by atoms with E-state index < -0.39 is 5.54 Å². The Morgan fingerprint density at radius 2 is 2.11 bits per heavy atom. The monoisotopic (exact) mass is 269 g/mol. The number of carbonyl (C=O) groups is 1. The summed E-state index contributed by atoms with van der Waals surface area (Å²) in [5.74, 6) is 0.594. The van der Waals surface area contributed by atoms with Crippen LogP contribution in [-0.4, -0.2) is 61.8 Å². The SMILES string of the molecule is CC1OCCC1CNC(=O)C(C)(C)N1CCNCC1. The quantitative estimate of drug-likeness (QED) is 0.766. The summed E-state index contributed by atoms with van der Waals surface area (Å²) in [7, 11) is 0. The van der Waals surface area contributed by atoms with Gasteiger partial charge < -0.3 is 15.4 Å². The van der Waals surface area contributed by atoms with Crippen molar-refractivity contribution in [2.75, 3.05) is 39.3 Å². The van der Waals surface area contributed by atoms with Gasteiger partial charge in [-0.05, 0) is 27.2 Å². The minimum absolute atomic E-state index is 0.133. The van der Waals surface area contributed by atoms with Crippen LogP contribution in [0.5, 0.6) is 0 Å². The fourth-order valence-corrected chi connectivity index (χ4v) is 2.85. The summed E-state index contributed by atoms with van der Waals surface area (Å²) < 4.78 is 5.53. The Bertz CT molecular complexity index is 314. The van der Waals surface area contributed by atoms with Crippen LogP contribution in [0.4, 0.5) is 0 Å². The molecule has 0 bridgehead atoms. The van der Waals surface area contributed by atoms with E-state index in [0.717, 1.165) is 45.8 Å². The first-order valence-electron chi connectivity index (χ1n) is 7.37. The van der Waals surface area contributed by atoms with Crippen molar-refractivity contribution in [3.05, 3.63) is 0 Å². The van der Waals surface area contributed by atoms with Gasteiger partial charge in [0.15, 0.2) is 0 Å². The van der Waals surface area contributed by atoms with Gasteiger partial charge >= 0.3 is 0 Å². The van der Waals surface area contributed by atoms with Gasteiger partial charge in [-0.25, -0.2) is 0 Å². The third-order valence-corrected chi connectivity index (χ3v) is 4.52. The molecule has 2 aliphatic heterocycles. The summed E-state index contributed by atoms with van der Waals surface area (Å²) in [5.41, 5.74) is -0.426. The lowest BCUT2D eigenvalue weighted by molar-refractivity contribution is -0.132. The second-order valence-corrected chi connectivity index (χ2v) is 6.13. The van der Waals surface area contributed by atoms with Gasteiger partial charge in [-0.3, -0.25) is 9.69 Å². The molecule has 0 spiro atoms. The van der Waals surface area contributed by atoms with Crippen molar-refractivity contribution in [1.82, 2.24) is 15.5 Å². The fourth-order valence-electron chi connectivity index (χ4n) is 2.85. The molecule has 2 fully saturated rings. The second kappa shape index (κ2) is 6.20. The van der Waals surface area contributed by atoms with Crippen molar-refractivity contribution in [3.8, 4) is 0 Å². The molecule has 0 saturated carbocycles. The lowest BCUT2D eigenvalue weighted by Crippen LogP contribution is -2.60. The van der Waals surface area contributed by atoms with Crippen molar-refractivity contribution in [3.63, 3.8) is 0 Å². The molecule has 0 aromatic rings. The van der Waals surface area contributed by atoms with Gasteiger partial charge in [0.25, 0.3) is 0 Å². The highest BCUT2D eigenvalue weighted by Crippen LogP contribution is 2.20. The molecule has 2 atom stereocenters. The van der Waals surface area contributed by atoms with Crippen molar-refractivity contribution in [2.45, 2.75) is 38.8 Å². The van der Waals surface area contributed by atoms with Gasteiger partial charge in [0, 0.05) is 45.2 Å². The van der Waals surface area contributed by atoms with E-state index in [0.29, 0.717) is 5.92 Å². The molecular formula is C14H27N3O2. The van der Waals surface area contributed by atoms with Crippen LogP contribution in [0.2, 0.25) is 0 Å². The van der Waals surface area contributed by atoms with Crippen LogP contribution in [-0.2, 0) is 9.53 Å². The Balaban J connectivity index is 1.83. The summed E-state index contributed by atoms with van der Waals surface area (Å²) >= 11 is 0. The van der Waals surface area contributed by atoms with E-state index in [1.165, 1.54) is 0 Å². The van der Waals surface area contributed by atoms with E-state index in [-0.39, 0.29) is 12.0 Å². The molecule has 2 rings (SSSR count). The van der Waals surface area contributed by atoms with Crippen LogP contribution >= 0.6 is 0 Å². The molecule has 0 aromatic heterocycles. The number of nitrogens with one attached hydrogen (secondary N) is 2. The number of rotatable bonds is 4. The third-order valence-electron chi connectivity index (χ3n) is 4.52. The van der Waals surface area contributed by atoms with Crippen molar-refractivity contribution in [2.24, 2.45) is 5.92 Å². The summed E-state index contributed by atoms with van der Waals surface area (Å²) in [6.07, 6.45) is 1.32. The Kier molecular flexibility index (Phi) is 4.81. The summed E-state index contributed by atoms with van der Waals surface area (Å²) in [6.45, 7) is 11.5. The number of amides is 1. The highest BCUT2D eigenvalue weighted by Gasteiger charge is 2.35. The normalized spacial score (nSPS) is 29.4. The molecule has 0 aliphatic carbocycles. The van der Waals surface area contributed by atoms with Crippen LogP contribution < -0.4 is 10.6 Å². The van der Waals surface area contributed by atoms with Crippen molar-refractivity contribution >= 4 is 5.91 Å². The Morgan fingerprint density at radius 1 is 1.42 bits per heavy atom. The smallest absolute Gasteiger partial charge is 0.239 e. The van der Waals surface area contributed by atoms with Crippen LogP contribution in [0, 0.1) is 5.92 Å². The maximum Gasteiger partial charge on any atom is 0.239 e. The minimum Gasteiger partial charge on any atom is -0.378 e. The van der Waals surface area contributed by atoms with Crippen LogP contribution in [0.3, 0.4) is 0 Å². The average molecular weight is 269 g/mol. The van der Waals surface area contributed by atoms with Crippen LogP contribution in [0.15, 0.2) is 0 Å². The minimum atomic E-state index is -0.426.